The van der Waals surface area contributed by atoms with Crippen molar-refractivity contribution in [3.63, 3.8) is 0 Å². The smallest absolute Gasteiger partial charge is 0.313 e. The Morgan fingerprint density at radius 2 is 2.19 bits per heavy atom. The predicted octanol–water partition coefficient (Wildman–Crippen LogP) is 2.12. The Bertz CT molecular complexity index is 439. The molecule has 0 saturated heterocycles. The molecule has 0 aliphatic carbocycles. The zero-order valence-corrected chi connectivity index (χ0v) is 8.98. The van der Waals surface area contributed by atoms with Crippen molar-refractivity contribution in [2.45, 2.75) is 12.6 Å². The Hall–Kier alpha value is -1.24. The highest BCUT2D eigenvalue weighted by molar-refractivity contribution is 7.80. The van der Waals surface area contributed by atoms with E-state index < -0.39 is 23.0 Å². The van der Waals surface area contributed by atoms with Crippen molar-refractivity contribution in [2.24, 2.45) is 0 Å². The first-order valence-corrected chi connectivity index (χ1v) is 5.02. The molecule has 1 aromatic heterocycles. The fourth-order valence-electron chi connectivity index (χ4n) is 1.07. The number of hydrogen-bond acceptors (Lipinski definition) is 3. The SMILES string of the molecule is O=c1[nH]cnc(C(F)(F)F)c1C=CCCS. The molecule has 88 valence electrons. The van der Waals surface area contributed by atoms with Crippen LogP contribution < -0.4 is 5.56 Å². The van der Waals surface area contributed by atoms with Gasteiger partial charge in [0, 0.05) is 0 Å². The van der Waals surface area contributed by atoms with E-state index in [4.69, 9.17) is 0 Å². The normalized spacial score (nSPS) is 12.2. The van der Waals surface area contributed by atoms with Gasteiger partial charge in [-0.1, -0.05) is 12.2 Å². The molecule has 16 heavy (non-hydrogen) atoms. The van der Waals surface area contributed by atoms with Crippen LogP contribution in [-0.2, 0) is 6.18 Å². The number of aromatic amines is 1. The number of rotatable bonds is 3. The molecule has 0 amide bonds. The summed E-state index contributed by atoms with van der Waals surface area (Å²) in [5, 5.41) is 0. The van der Waals surface area contributed by atoms with Crippen molar-refractivity contribution >= 4 is 18.7 Å². The van der Waals surface area contributed by atoms with Crippen LogP contribution in [0.15, 0.2) is 17.2 Å². The third-order valence-corrected chi connectivity index (χ3v) is 2.00. The zero-order valence-electron chi connectivity index (χ0n) is 8.08. The van der Waals surface area contributed by atoms with Crippen LogP contribution in [0, 0.1) is 0 Å². The van der Waals surface area contributed by atoms with Gasteiger partial charge in [-0.15, -0.1) is 0 Å². The third kappa shape index (κ3) is 3.13. The van der Waals surface area contributed by atoms with Crippen molar-refractivity contribution < 1.29 is 13.2 Å². The second-order valence-corrected chi connectivity index (χ2v) is 3.35. The molecular weight excluding hydrogens is 241 g/mol. The summed E-state index contributed by atoms with van der Waals surface area (Å²) < 4.78 is 37.4. The number of alkyl halides is 3. The molecule has 0 radical (unpaired) electrons. The fourth-order valence-corrected chi connectivity index (χ4v) is 1.22. The van der Waals surface area contributed by atoms with Crippen LogP contribution in [0.5, 0.6) is 0 Å². The van der Waals surface area contributed by atoms with E-state index in [9.17, 15) is 18.0 Å². The van der Waals surface area contributed by atoms with Gasteiger partial charge in [-0.25, -0.2) is 4.98 Å². The van der Waals surface area contributed by atoms with Gasteiger partial charge < -0.3 is 4.98 Å². The zero-order chi connectivity index (χ0) is 12.2. The molecule has 0 atom stereocenters. The molecule has 0 aromatic carbocycles. The Balaban J connectivity index is 3.20. The summed E-state index contributed by atoms with van der Waals surface area (Å²) in [5.41, 5.74) is -2.46. The standard InChI is InChI=1S/C9H9F3N2OS/c10-9(11,12)7-6(3-1-2-4-16)8(15)14-5-13-7/h1,3,5,16H,2,4H2,(H,13,14,15). The molecule has 1 N–H and O–H groups in total. The van der Waals surface area contributed by atoms with E-state index in [2.05, 4.69) is 22.6 Å². The van der Waals surface area contributed by atoms with Crippen molar-refractivity contribution in [1.82, 2.24) is 9.97 Å². The van der Waals surface area contributed by atoms with Crippen LogP contribution in [0.1, 0.15) is 17.7 Å². The number of nitrogens with one attached hydrogen (secondary N) is 1. The Morgan fingerprint density at radius 1 is 1.50 bits per heavy atom. The Labute approximate surface area is 94.8 Å². The van der Waals surface area contributed by atoms with Crippen LogP contribution in [0.25, 0.3) is 6.08 Å². The maximum absolute atomic E-state index is 12.5. The summed E-state index contributed by atoms with van der Waals surface area (Å²) >= 11 is 3.90. The van der Waals surface area contributed by atoms with E-state index in [0.717, 1.165) is 12.4 Å². The van der Waals surface area contributed by atoms with Crippen molar-refractivity contribution in [2.75, 3.05) is 5.75 Å². The topological polar surface area (TPSA) is 45.8 Å². The van der Waals surface area contributed by atoms with Gasteiger partial charge in [-0.05, 0) is 12.2 Å². The number of aromatic nitrogens is 2. The predicted molar refractivity (Wildman–Crippen MR) is 57.4 cm³/mol. The molecule has 0 spiro atoms. The van der Waals surface area contributed by atoms with Crippen LogP contribution in [0.3, 0.4) is 0 Å². The highest BCUT2D eigenvalue weighted by atomic mass is 32.1. The van der Waals surface area contributed by atoms with Crippen LogP contribution in [-0.4, -0.2) is 15.7 Å². The van der Waals surface area contributed by atoms with Crippen molar-refractivity contribution in [3.05, 3.63) is 34.0 Å². The molecule has 0 bridgehead atoms. The maximum atomic E-state index is 12.5. The first-order chi connectivity index (χ1) is 7.46. The van der Waals surface area contributed by atoms with Gasteiger partial charge in [0.05, 0.1) is 11.9 Å². The number of H-pyrrole nitrogens is 1. The van der Waals surface area contributed by atoms with E-state index in [1.807, 2.05) is 0 Å². The van der Waals surface area contributed by atoms with Crippen LogP contribution >= 0.6 is 12.6 Å². The molecule has 1 heterocycles. The minimum atomic E-state index is -4.63. The van der Waals surface area contributed by atoms with E-state index in [0.29, 0.717) is 12.2 Å². The summed E-state index contributed by atoms with van der Waals surface area (Å²) in [6, 6.07) is 0. The quantitative estimate of drug-likeness (QED) is 0.807. The second kappa shape index (κ2) is 5.20. The fraction of sp³-hybridized carbons (Fsp3) is 0.333. The van der Waals surface area contributed by atoms with Gasteiger partial charge in [0.2, 0.25) is 0 Å². The summed E-state index contributed by atoms with van der Waals surface area (Å²) in [6.45, 7) is 0. The average molecular weight is 250 g/mol. The lowest BCUT2D eigenvalue weighted by Gasteiger charge is -2.07. The molecule has 1 aromatic rings. The van der Waals surface area contributed by atoms with E-state index >= 15 is 0 Å². The first kappa shape index (κ1) is 12.8. The van der Waals surface area contributed by atoms with Crippen molar-refractivity contribution in [1.29, 1.82) is 0 Å². The molecule has 0 unspecified atom stereocenters. The van der Waals surface area contributed by atoms with Crippen LogP contribution in [0.4, 0.5) is 13.2 Å². The lowest BCUT2D eigenvalue weighted by molar-refractivity contribution is -0.141. The molecule has 7 heteroatoms. The average Bonchev–Trinajstić information content (AvgIpc) is 2.19. The Kier molecular flexibility index (Phi) is 4.17. The second-order valence-electron chi connectivity index (χ2n) is 2.91. The minimum Gasteiger partial charge on any atom is -0.313 e. The summed E-state index contributed by atoms with van der Waals surface area (Å²) in [7, 11) is 0. The number of halogens is 3. The van der Waals surface area contributed by atoms with E-state index in [1.54, 1.807) is 0 Å². The summed E-state index contributed by atoms with van der Waals surface area (Å²) in [4.78, 5) is 16.5. The molecular formula is C9H9F3N2OS. The van der Waals surface area contributed by atoms with Gasteiger partial charge >= 0.3 is 6.18 Å². The Morgan fingerprint density at radius 3 is 2.75 bits per heavy atom. The summed E-state index contributed by atoms with van der Waals surface area (Å²) in [5.74, 6) is 0.496. The molecule has 0 fully saturated rings. The third-order valence-electron chi connectivity index (χ3n) is 1.74. The lowest BCUT2D eigenvalue weighted by atomic mass is 10.2. The maximum Gasteiger partial charge on any atom is 0.434 e. The van der Waals surface area contributed by atoms with Gasteiger partial charge in [0.1, 0.15) is 0 Å². The number of thiol groups is 1. The number of allylic oxidation sites excluding steroid dienone is 1. The highest BCUT2D eigenvalue weighted by Crippen LogP contribution is 2.29. The largest absolute Gasteiger partial charge is 0.434 e. The molecule has 0 aliphatic heterocycles. The number of hydrogen-bond donors (Lipinski definition) is 2. The molecule has 1 rings (SSSR count). The van der Waals surface area contributed by atoms with E-state index in [1.165, 1.54) is 6.08 Å². The molecule has 0 aliphatic rings. The van der Waals surface area contributed by atoms with Crippen LogP contribution in [0.2, 0.25) is 0 Å². The summed E-state index contributed by atoms with van der Waals surface area (Å²) in [6.07, 6.45) is -0.843. The van der Waals surface area contributed by atoms with Gasteiger partial charge in [-0.2, -0.15) is 25.8 Å². The monoisotopic (exact) mass is 250 g/mol. The first-order valence-electron chi connectivity index (χ1n) is 4.39. The minimum absolute atomic E-state index is 0.475. The van der Waals surface area contributed by atoms with E-state index in [-0.39, 0.29) is 0 Å². The van der Waals surface area contributed by atoms with Gasteiger partial charge in [-0.3, -0.25) is 4.79 Å². The molecule has 3 nitrogen and oxygen atoms in total. The highest BCUT2D eigenvalue weighted by Gasteiger charge is 2.35. The lowest BCUT2D eigenvalue weighted by Crippen LogP contribution is -2.20. The van der Waals surface area contributed by atoms with Gasteiger partial charge in [0.25, 0.3) is 5.56 Å². The number of nitrogens with zero attached hydrogens (tertiary/aromatic N) is 1. The molecule has 0 saturated carbocycles. The van der Waals surface area contributed by atoms with Gasteiger partial charge in [0.15, 0.2) is 5.69 Å². The van der Waals surface area contributed by atoms with Crippen molar-refractivity contribution in [3.8, 4) is 0 Å².